The van der Waals surface area contributed by atoms with Crippen LogP contribution in [0.25, 0.3) is 10.2 Å². The zero-order valence-electron chi connectivity index (χ0n) is 13.5. The van der Waals surface area contributed by atoms with Gasteiger partial charge in [-0.3, -0.25) is 0 Å². The van der Waals surface area contributed by atoms with Crippen molar-refractivity contribution >= 4 is 27.4 Å². The number of likely N-dealkylation sites (tertiary alicyclic amines) is 1. The number of rotatable bonds is 3. The third-order valence-electron chi connectivity index (χ3n) is 5.10. The van der Waals surface area contributed by atoms with Gasteiger partial charge in [-0.05, 0) is 57.2 Å². The first-order chi connectivity index (χ1) is 10.7. The molecule has 4 nitrogen and oxygen atoms in total. The van der Waals surface area contributed by atoms with Crippen LogP contribution in [0.4, 0.5) is 5.82 Å². The van der Waals surface area contributed by atoms with Crippen molar-refractivity contribution in [1.82, 2.24) is 14.9 Å². The van der Waals surface area contributed by atoms with Crippen molar-refractivity contribution in [2.24, 2.45) is 5.92 Å². The SMILES string of the molecule is CN1CCCC(CN(C)c2ncnc3sc4c(c23)CCC4)C1. The van der Waals surface area contributed by atoms with Crippen molar-refractivity contribution < 1.29 is 0 Å². The van der Waals surface area contributed by atoms with Crippen LogP contribution in [0, 0.1) is 5.92 Å². The van der Waals surface area contributed by atoms with Crippen LogP contribution in [0.5, 0.6) is 0 Å². The highest BCUT2D eigenvalue weighted by Gasteiger charge is 2.24. The minimum absolute atomic E-state index is 0.750. The zero-order valence-corrected chi connectivity index (χ0v) is 14.3. The Morgan fingerprint density at radius 1 is 1.32 bits per heavy atom. The summed E-state index contributed by atoms with van der Waals surface area (Å²) < 4.78 is 0. The Hall–Kier alpha value is -1.20. The molecule has 4 rings (SSSR count). The van der Waals surface area contributed by atoms with Gasteiger partial charge in [-0.15, -0.1) is 11.3 Å². The first-order valence-corrected chi connectivity index (χ1v) is 9.19. The van der Waals surface area contributed by atoms with Gasteiger partial charge in [0.2, 0.25) is 0 Å². The lowest BCUT2D eigenvalue weighted by molar-refractivity contribution is 0.213. The van der Waals surface area contributed by atoms with Crippen LogP contribution >= 0.6 is 11.3 Å². The van der Waals surface area contributed by atoms with Crippen LogP contribution in [0.2, 0.25) is 0 Å². The Balaban J connectivity index is 1.62. The predicted octanol–water partition coefficient (Wildman–Crippen LogP) is 2.96. The Kier molecular flexibility index (Phi) is 3.78. The molecular weight excluding hydrogens is 292 g/mol. The van der Waals surface area contributed by atoms with Gasteiger partial charge in [0.1, 0.15) is 17.0 Å². The predicted molar refractivity (Wildman–Crippen MR) is 92.9 cm³/mol. The number of nitrogens with zero attached hydrogens (tertiary/aromatic N) is 4. The molecule has 2 aliphatic rings. The molecule has 1 unspecified atom stereocenters. The molecule has 0 bridgehead atoms. The van der Waals surface area contributed by atoms with Crippen LogP contribution in [0.1, 0.15) is 29.7 Å². The highest BCUT2D eigenvalue weighted by Crippen LogP contribution is 2.40. The number of thiophene rings is 1. The first kappa shape index (κ1) is 14.4. The summed E-state index contributed by atoms with van der Waals surface area (Å²) in [6.07, 6.45) is 8.13. The summed E-state index contributed by atoms with van der Waals surface area (Å²) in [7, 11) is 4.44. The summed E-state index contributed by atoms with van der Waals surface area (Å²) >= 11 is 1.88. The molecule has 3 heterocycles. The van der Waals surface area contributed by atoms with E-state index >= 15 is 0 Å². The highest BCUT2D eigenvalue weighted by atomic mass is 32.1. The van der Waals surface area contributed by atoms with Crippen molar-refractivity contribution in [3.63, 3.8) is 0 Å². The number of piperidine rings is 1. The molecule has 1 aliphatic heterocycles. The third-order valence-corrected chi connectivity index (χ3v) is 6.30. The molecule has 0 N–H and O–H groups in total. The second-order valence-corrected chi connectivity index (χ2v) is 7.97. The monoisotopic (exact) mass is 316 g/mol. The molecule has 1 aliphatic carbocycles. The molecule has 0 amide bonds. The molecule has 1 fully saturated rings. The molecule has 0 radical (unpaired) electrons. The second-order valence-electron chi connectivity index (χ2n) is 6.89. The summed E-state index contributed by atoms with van der Waals surface area (Å²) in [6.45, 7) is 3.55. The lowest BCUT2D eigenvalue weighted by Gasteiger charge is -2.33. The fourth-order valence-electron chi connectivity index (χ4n) is 4.10. The van der Waals surface area contributed by atoms with E-state index in [-0.39, 0.29) is 0 Å². The second kappa shape index (κ2) is 5.78. The van der Waals surface area contributed by atoms with E-state index in [2.05, 4.69) is 33.9 Å². The average Bonchev–Trinajstić information content (AvgIpc) is 3.07. The lowest BCUT2D eigenvalue weighted by atomic mass is 9.98. The minimum atomic E-state index is 0.750. The minimum Gasteiger partial charge on any atom is -0.359 e. The summed E-state index contributed by atoms with van der Waals surface area (Å²) in [5.41, 5.74) is 1.53. The Bertz CT molecular complexity index is 681. The first-order valence-electron chi connectivity index (χ1n) is 8.37. The van der Waals surface area contributed by atoms with E-state index < -0.39 is 0 Å². The van der Waals surface area contributed by atoms with Gasteiger partial charge in [-0.25, -0.2) is 9.97 Å². The van der Waals surface area contributed by atoms with Gasteiger partial charge in [-0.1, -0.05) is 0 Å². The Labute approximate surface area is 136 Å². The van der Waals surface area contributed by atoms with Crippen molar-refractivity contribution in [1.29, 1.82) is 0 Å². The number of anilines is 1. The zero-order chi connectivity index (χ0) is 15.1. The van der Waals surface area contributed by atoms with Gasteiger partial charge in [0.15, 0.2) is 0 Å². The molecule has 22 heavy (non-hydrogen) atoms. The molecule has 0 spiro atoms. The standard InChI is InChI=1S/C17H24N4S/c1-20-8-4-5-12(9-20)10-21(2)16-15-13-6-3-7-14(13)22-17(15)19-11-18-16/h11-12H,3-10H2,1-2H3. The van der Waals surface area contributed by atoms with E-state index in [1.807, 2.05) is 11.3 Å². The van der Waals surface area contributed by atoms with Gasteiger partial charge in [0.05, 0.1) is 5.39 Å². The quantitative estimate of drug-likeness (QED) is 0.871. The normalized spacial score (nSPS) is 22.2. The molecule has 0 aromatic carbocycles. The Morgan fingerprint density at radius 3 is 3.09 bits per heavy atom. The third kappa shape index (κ3) is 2.50. The molecule has 1 atom stereocenters. The van der Waals surface area contributed by atoms with Gasteiger partial charge in [-0.2, -0.15) is 0 Å². The van der Waals surface area contributed by atoms with Gasteiger partial charge in [0, 0.05) is 25.0 Å². The van der Waals surface area contributed by atoms with Crippen molar-refractivity contribution in [2.75, 3.05) is 38.6 Å². The number of fused-ring (bicyclic) bond motifs is 3. The van der Waals surface area contributed by atoms with E-state index in [0.29, 0.717) is 0 Å². The smallest absolute Gasteiger partial charge is 0.140 e. The fourth-order valence-corrected chi connectivity index (χ4v) is 5.32. The van der Waals surface area contributed by atoms with Gasteiger partial charge >= 0.3 is 0 Å². The molecule has 0 saturated carbocycles. The van der Waals surface area contributed by atoms with Crippen LogP contribution in [-0.2, 0) is 12.8 Å². The topological polar surface area (TPSA) is 32.3 Å². The van der Waals surface area contributed by atoms with E-state index in [4.69, 9.17) is 0 Å². The van der Waals surface area contributed by atoms with Crippen LogP contribution in [-0.4, -0.2) is 48.6 Å². The summed E-state index contributed by atoms with van der Waals surface area (Å²) in [5.74, 6) is 1.90. The van der Waals surface area contributed by atoms with E-state index in [9.17, 15) is 0 Å². The van der Waals surface area contributed by atoms with Crippen molar-refractivity contribution in [3.05, 3.63) is 16.8 Å². The maximum atomic E-state index is 4.65. The molecule has 2 aromatic rings. The number of hydrogen-bond donors (Lipinski definition) is 0. The fraction of sp³-hybridized carbons (Fsp3) is 0.647. The van der Waals surface area contributed by atoms with E-state index in [1.165, 1.54) is 61.0 Å². The van der Waals surface area contributed by atoms with E-state index in [0.717, 1.165) is 18.3 Å². The maximum Gasteiger partial charge on any atom is 0.140 e. The van der Waals surface area contributed by atoms with Gasteiger partial charge in [0.25, 0.3) is 0 Å². The summed E-state index contributed by atoms with van der Waals surface area (Å²) in [4.78, 5) is 16.7. The highest BCUT2D eigenvalue weighted by molar-refractivity contribution is 7.19. The molecule has 118 valence electrons. The average molecular weight is 316 g/mol. The molecular formula is C17H24N4S. The Morgan fingerprint density at radius 2 is 2.23 bits per heavy atom. The number of aryl methyl sites for hydroxylation is 2. The molecule has 5 heteroatoms. The lowest BCUT2D eigenvalue weighted by Crippen LogP contribution is -2.38. The van der Waals surface area contributed by atoms with Gasteiger partial charge < -0.3 is 9.80 Å². The van der Waals surface area contributed by atoms with Crippen molar-refractivity contribution in [3.8, 4) is 0 Å². The van der Waals surface area contributed by atoms with Crippen LogP contribution < -0.4 is 4.90 Å². The van der Waals surface area contributed by atoms with Crippen molar-refractivity contribution in [2.45, 2.75) is 32.1 Å². The van der Waals surface area contributed by atoms with Crippen LogP contribution in [0.3, 0.4) is 0 Å². The van der Waals surface area contributed by atoms with E-state index in [1.54, 1.807) is 11.2 Å². The molecule has 2 aromatic heterocycles. The molecule has 1 saturated heterocycles. The number of aromatic nitrogens is 2. The largest absolute Gasteiger partial charge is 0.359 e. The number of hydrogen-bond acceptors (Lipinski definition) is 5. The summed E-state index contributed by atoms with van der Waals surface area (Å²) in [6, 6.07) is 0. The summed E-state index contributed by atoms with van der Waals surface area (Å²) in [5, 5.41) is 1.34. The van der Waals surface area contributed by atoms with Crippen LogP contribution in [0.15, 0.2) is 6.33 Å². The maximum absolute atomic E-state index is 4.65.